The van der Waals surface area contributed by atoms with E-state index >= 15 is 0 Å². The van der Waals surface area contributed by atoms with E-state index in [1.165, 1.54) is 12.1 Å². The van der Waals surface area contributed by atoms with Crippen LogP contribution in [0.5, 0.6) is 0 Å². The Labute approximate surface area is 115 Å². The molecule has 0 aliphatic heterocycles. The molecule has 0 bridgehead atoms. The number of carboxylic acid groups (broad SMARTS) is 1. The third-order valence-corrected chi connectivity index (χ3v) is 3.63. The molecule has 1 saturated carbocycles. The Morgan fingerprint density at radius 1 is 1.20 bits per heavy atom. The van der Waals surface area contributed by atoms with Crippen molar-refractivity contribution in [3.63, 3.8) is 0 Å². The van der Waals surface area contributed by atoms with Gasteiger partial charge in [-0.3, -0.25) is 9.59 Å². The SMILES string of the molecule is O=C(NC1(C(=O)O)CCCCCC1)c1ccc(=O)[nH]n1. The highest BCUT2D eigenvalue weighted by molar-refractivity contribution is 5.96. The van der Waals surface area contributed by atoms with Gasteiger partial charge in [0.1, 0.15) is 11.2 Å². The molecule has 1 aliphatic rings. The first-order chi connectivity index (χ1) is 9.53. The molecule has 108 valence electrons. The van der Waals surface area contributed by atoms with Gasteiger partial charge in [-0.25, -0.2) is 9.89 Å². The molecule has 1 heterocycles. The van der Waals surface area contributed by atoms with E-state index in [-0.39, 0.29) is 5.69 Å². The highest BCUT2D eigenvalue weighted by atomic mass is 16.4. The lowest BCUT2D eigenvalue weighted by molar-refractivity contribution is -0.145. The molecular weight excluding hydrogens is 262 g/mol. The minimum atomic E-state index is -1.23. The lowest BCUT2D eigenvalue weighted by atomic mass is 9.90. The standard InChI is InChI=1S/C13H17N3O4/c17-10-6-5-9(15-16-10)11(18)14-13(12(19)20)7-3-1-2-4-8-13/h5-6H,1-4,7-8H2,(H,14,18)(H,16,17)(H,19,20). The number of hydrogen-bond donors (Lipinski definition) is 3. The molecule has 1 aromatic heterocycles. The largest absolute Gasteiger partial charge is 0.480 e. The zero-order valence-corrected chi connectivity index (χ0v) is 11.0. The molecule has 20 heavy (non-hydrogen) atoms. The van der Waals surface area contributed by atoms with Gasteiger partial charge in [-0.05, 0) is 18.9 Å². The zero-order chi connectivity index (χ0) is 14.6. The van der Waals surface area contributed by atoms with E-state index in [0.717, 1.165) is 25.7 Å². The Morgan fingerprint density at radius 3 is 2.35 bits per heavy atom. The fraction of sp³-hybridized carbons (Fsp3) is 0.538. The van der Waals surface area contributed by atoms with Gasteiger partial charge in [-0.2, -0.15) is 5.10 Å². The van der Waals surface area contributed by atoms with Gasteiger partial charge in [0.15, 0.2) is 0 Å². The summed E-state index contributed by atoms with van der Waals surface area (Å²) in [5, 5.41) is 17.8. The number of hydrogen-bond acceptors (Lipinski definition) is 4. The first-order valence-electron chi connectivity index (χ1n) is 6.65. The first kappa shape index (κ1) is 14.2. The molecule has 7 nitrogen and oxygen atoms in total. The molecule has 0 saturated heterocycles. The smallest absolute Gasteiger partial charge is 0.329 e. The van der Waals surface area contributed by atoms with Crippen molar-refractivity contribution < 1.29 is 14.7 Å². The van der Waals surface area contributed by atoms with Crippen LogP contribution in [0.15, 0.2) is 16.9 Å². The summed E-state index contributed by atoms with van der Waals surface area (Å²) >= 11 is 0. The van der Waals surface area contributed by atoms with Crippen LogP contribution in [-0.4, -0.2) is 32.7 Å². The fourth-order valence-electron chi connectivity index (χ4n) is 2.48. The molecule has 0 aromatic carbocycles. The number of amides is 1. The van der Waals surface area contributed by atoms with Crippen molar-refractivity contribution >= 4 is 11.9 Å². The summed E-state index contributed by atoms with van der Waals surface area (Å²) in [4.78, 5) is 34.6. The predicted molar refractivity (Wildman–Crippen MR) is 70.4 cm³/mol. The summed E-state index contributed by atoms with van der Waals surface area (Å²) in [6.07, 6.45) is 4.32. The molecular formula is C13H17N3O4. The third-order valence-electron chi connectivity index (χ3n) is 3.63. The maximum absolute atomic E-state index is 12.1. The van der Waals surface area contributed by atoms with Crippen LogP contribution in [0.3, 0.4) is 0 Å². The average molecular weight is 279 g/mol. The molecule has 1 aliphatic carbocycles. The van der Waals surface area contributed by atoms with Gasteiger partial charge in [0.05, 0.1) is 0 Å². The minimum absolute atomic E-state index is 0.00877. The monoisotopic (exact) mass is 279 g/mol. The quantitative estimate of drug-likeness (QED) is 0.704. The molecule has 2 rings (SSSR count). The summed E-state index contributed by atoms with van der Waals surface area (Å²) < 4.78 is 0. The number of carbonyl (C=O) groups is 2. The van der Waals surface area contributed by atoms with Crippen LogP contribution in [0.1, 0.15) is 49.0 Å². The third kappa shape index (κ3) is 3.04. The maximum atomic E-state index is 12.1. The normalized spacial score (nSPS) is 18.0. The predicted octanol–water partition coefficient (Wildman–Crippen LogP) is 0.677. The Balaban J connectivity index is 2.19. The van der Waals surface area contributed by atoms with Gasteiger partial charge in [-0.1, -0.05) is 25.7 Å². The molecule has 1 fully saturated rings. The number of H-pyrrole nitrogens is 1. The van der Waals surface area contributed by atoms with Crippen molar-refractivity contribution in [3.8, 4) is 0 Å². The molecule has 0 spiro atoms. The van der Waals surface area contributed by atoms with Crippen LogP contribution in [-0.2, 0) is 4.79 Å². The van der Waals surface area contributed by atoms with Crippen molar-refractivity contribution in [2.45, 2.75) is 44.1 Å². The van der Waals surface area contributed by atoms with E-state index in [1.54, 1.807) is 0 Å². The van der Waals surface area contributed by atoms with E-state index in [1.807, 2.05) is 0 Å². The number of aromatic nitrogens is 2. The summed E-state index contributed by atoms with van der Waals surface area (Å²) in [7, 11) is 0. The van der Waals surface area contributed by atoms with Gasteiger partial charge in [0.25, 0.3) is 11.5 Å². The summed E-state index contributed by atoms with van der Waals surface area (Å²) in [6.45, 7) is 0. The number of rotatable bonds is 3. The zero-order valence-electron chi connectivity index (χ0n) is 11.0. The van der Waals surface area contributed by atoms with E-state index in [0.29, 0.717) is 12.8 Å². The topological polar surface area (TPSA) is 112 Å². The van der Waals surface area contributed by atoms with Crippen molar-refractivity contribution in [2.75, 3.05) is 0 Å². The second-order valence-corrected chi connectivity index (χ2v) is 5.06. The highest BCUT2D eigenvalue weighted by Gasteiger charge is 2.40. The Morgan fingerprint density at radius 2 is 1.85 bits per heavy atom. The molecule has 1 amide bonds. The molecule has 1 aromatic rings. The van der Waals surface area contributed by atoms with Gasteiger partial charge >= 0.3 is 5.97 Å². The van der Waals surface area contributed by atoms with Crippen molar-refractivity contribution in [2.24, 2.45) is 0 Å². The Kier molecular flexibility index (Phi) is 4.16. The van der Waals surface area contributed by atoms with Gasteiger partial charge < -0.3 is 10.4 Å². The van der Waals surface area contributed by atoms with Gasteiger partial charge in [0, 0.05) is 6.07 Å². The van der Waals surface area contributed by atoms with Crippen molar-refractivity contribution in [1.82, 2.24) is 15.5 Å². The van der Waals surface area contributed by atoms with Crippen LogP contribution < -0.4 is 10.9 Å². The average Bonchev–Trinajstić information content (AvgIpc) is 2.66. The van der Waals surface area contributed by atoms with Crippen molar-refractivity contribution in [1.29, 1.82) is 0 Å². The lowest BCUT2D eigenvalue weighted by Gasteiger charge is -2.29. The van der Waals surface area contributed by atoms with Crippen LogP contribution in [0.25, 0.3) is 0 Å². The van der Waals surface area contributed by atoms with Crippen molar-refractivity contribution in [3.05, 3.63) is 28.2 Å². The number of nitrogens with zero attached hydrogens (tertiary/aromatic N) is 1. The number of nitrogens with one attached hydrogen (secondary N) is 2. The molecule has 0 radical (unpaired) electrons. The second kappa shape index (κ2) is 5.85. The molecule has 7 heteroatoms. The lowest BCUT2D eigenvalue weighted by Crippen LogP contribution is -2.54. The van der Waals surface area contributed by atoms with Gasteiger partial charge in [-0.15, -0.1) is 0 Å². The van der Waals surface area contributed by atoms with E-state index in [2.05, 4.69) is 15.5 Å². The summed E-state index contributed by atoms with van der Waals surface area (Å²) in [6, 6.07) is 2.46. The van der Waals surface area contributed by atoms with Crippen LogP contribution in [0.2, 0.25) is 0 Å². The van der Waals surface area contributed by atoms with Crippen LogP contribution >= 0.6 is 0 Å². The highest BCUT2D eigenvalue weighted by Crippen LogP contribution is 2.27. The van der Waals surface area contributed by atoms with Crippen LogP contribution in [0, 0.1) is 0 Å². The summed E-state index contributed by atoms with van der Waals surface area (Å²) in [5.41, 5.74) is -1.63. The number of aromatic amines is 1. The van der Waals surface area contributed by atoms with Crippen LogP contribution in [0.4, 0.5) is 0 Å². The molecule has 0 unspecified atom stereocenters. The van der Waals surface area contributed by atoms with Gasteiger partial charge in [0.2, 0.25) is 0 Å². The Hall–Kier alpha value is -2.18. The number of carbonyl (C=O) groups excluding carboxylic acids is 1. The maximum Gasteiger partial charge on any atom is 0.329 e. The Bertz CT molecular complexity index is 538. The second-order valence-electron chi connectivity index (χ2n) is 5.06. The fourth-order valence-corrected chi connectivity index (χ4v) is 2.48. The summed E-state index contributed by atoms with van der Waals surface area (Å²) in [5.74, 6) is -1.59. The minimum Gasteiger partial charge on any atom is -0.480 e. The van der Waals surface area contributed by atoms with E-state index in [4.69, 9.17) is 0 Å². The van der Waals surface area contributed by atoms with E-state index in [9.17, 15) is 19.5 Å². The van der Waals surface area contributed by atoms with E-state index < -0.39 is 23.0 Å². The molecule has 3 N–H and O–H groups in total. The number of aliphatic carboxylic acids is 1. The molecule has 0 atom stereocenters. The number of carboxylic acids is 1. The first-order valence-corrected chi connectivity index (χ1v) is 6.65.